The van der Waals surface area contributed by atoms with E-state index in [4.69, 9.17) is 15.2 Å². The zero-order valence-corrected chi connectivity index (χ0v) is 24.8. The first-order valence-electron chi connectivity index (χ1n) is 12.3. The van der Waals surface area contributed by atoms with E-state index >= 15 is 0 Å². The highest BCUT2D eigenvalue weighted by molar-refractivity contribution is 14.1. The van der Waals surface area contributed by atoms with Crippen LogP contribution in [0.5, 0.6) is 11.5 Å². The van der Waals surface area contributed by atoms with Crippen LogP contribution in [0.15, 0.2) is 76.4 Å². The lowest BCUT2D eigenvalue weighted by Crippen LogP contribution is -2.17. The van der Waals surface area contributed by atoms with Gasteiger partial charge < -0.3 is 19.8 Å². The Morgan fingerprint density at radius 1 is 1.07 bits per heavy atom. The number of pyridine rings is 1. The van der Waals surface area contributed by atoms with Crippen molar-refractivity contribution in [3.05, 3.63) is 96.8 Å². The summed E-state index contributed by atoms with van der Waals surface area (Å²) >= 11 is 2.84. The number of primary amides is 1. The molecule has 40 heavy (non-hydrogen) atoms. The zero-order valence-electron chi connectivity index (χ0n) is 21.8. The smallest absolute Gasteiger partial charge is 0.281 e. The number of nitrogens with zero attached hydrogens (tertiary/aromatic N) is 1. The molecule has 0 fully saturated rings. The largest absolute Gasteiger partial charge is 0.492 e. The molecule has 206 valence electrons. The molecule has 4 aromatic rings. The average molecular weight is 673 g/mol. The summed E-state index contributed by atoms with van der Waals surface area (Å²) in [4.78, 5) is 36.2. The molecule has 1 heterocycles. The van der Waals surface area contributed by atoms with Gasteiger partial charge in [-0.05, 0) is 101 Å². The van der Waals surface area contributed by atoms with Crippen LogP contribution in [0.25, 0.3) is 27.7 Å². The second-order valence-electron chi connectivity index (χ2n) is 8.81. The lowest BCUT2D eigenvalue weighted by molar-refractivity contribution is -0.104. The van der Waals surface area contributed by atoms with Crippen molar-refractivity contribution in [1.82, 2.24) is 4.57 Å². The second-order valence-corrected chi connectivity index (χ2v) is 11.0. The number of para-hydroxylation sites is 1. The van der Waals surface area contributed by atoms with Crippen LogP contribution in [0.4, 0.5) is 9.18 Å². The minimum absolute atomic E-state index is 0.203. The number of thioether (sulfide) groups is 1. The number of amides is 1. The van der Waals surface area contributed by atoms with E-state index in [1.54, 1.807) is 37.3 Å². The van der Waals surface area contributed by atoms with E-state index in [-0.39, 0.29) is 28.5 Å². The molecule has 3 aromatic carbocycles. The van der Waals surface area contributed by atoms with Crippen molar-refractivity contribution < 1.29 is 23.5 Å². The summed E-state index contributed by atoms with van der Waals surface area (Å²) in [6.07, 6.45) is 1.12. The minimum Gasteiger partial charge on any atom is -0.492 e. The Balaban J connectivity index is 1.48. The predicted octanol–water partition coefficient (Wildman–Crippen LogP) is 6.54. The molecule has 0 aliphatic rings. The molecule has 10 heteroatoms. The number of aromatic nitrogens is 1. The van der Waals surface area contributed by atoms with Gasteiger partial charge in [0.15, 0.2) is 12.0 Å². The first kappa shape index (κ1) is 29.3. The van der Waals surface area contributed by atoms with Gasteiger partial charge in [-0.15, -0.1) is 0 Å². The Bertz CT molecular complexity index is 1670. The van der Waals surface area contributed by atoms with Crippen LogP contribution in [0.2, 0.25) is 0 Å². The lowest BCUT2D eigenvalue weighted by Gasteiger charge is -2.18. The molecule has 0 bridgehead atoms. The SMILES string of the molecule is C/C(=C(/C=O)SC(N)=O)c1ccc(OCCCOc2c(-c3ccc(F)cc3)n(C)c3ccccc3c2=O)c(I)c1. The van der Waals surface area contributed by atoms with E-state index in [1.165, 1.54) is 12.1 Å². The molecule has 1 amide bonds. The number of fused-ring (bicyclic) bond motifs is 1. The number of allylic oxidation sites excluding steroid dienone is 2. The van der Waals surface area contributed by atoms with Gasteiger partial charge in [-0.25, -0.2) is 4.39 Å². The molecule has 7 nitrogen and oxygen atoms in total. The number of halogens is 2. The first-order valence-corrected chi connectivity index (χ1v) is 14.2. The number of ether oxygens (including phenoxy) is 2. The van der Waals surface area contributed by atoms with Crippen molar-refractivity contribution in [2.45, 2.75) is 13.3 Å². The van der Waals surface area contributed by atoms with E-state index < -0.39 is 5.24 Å². The Hall–Kier alpha value is -3.64. The molecular formula is C30H26FIN2O5S. The molecule has 0 aliphatic carbocycles. The van der Waals surface area contributed by atoms with Crippen LogP contribution >= 0.6 is 34.4 Å². The Kier molecular flexibility index (Phi) is 9.64. The maximum absolute atomic E-state index is 13.6. The number of nitrogens with two attached hydrogens (primary N) is 1. The Labute approximate surface area is 248 Å². The van der Waals surface area contributed by atoms with Crippen molar-refractivity contribution in [2.75, 3.05) is 13.2 Å². The standard InChI is InChI=1S/C30H26FIN2O5S/c1-18(26(17-35)40-30(33)37)20-10-13-25(23(32)16-20)38-14-5-15-39-29-27(19-8-11-21(31)12-9-19)34(2)24-7-4-3-6-22(24)28(29)36/h3-4,6-13,16-17H,5,14-15H2,1-2H3,(H2,33,37)/b26-18+. The normalized spacial score (nSPS) is 11.7. The predicted molar refractivity (Wildman–Crippen MR) is 165 cm³/mol. The van der Waals surface area contributed by atoms with Gasteiger partial charge in [0.2, 0.25) is 5.43 Å². The summed E-state index contributed by atoms with van der Waals surface area (Å²) in [5.74, 6) is 0.492. The zero-order chi connectivity index (χ0) is 28.8. The summed E-state index contributed by atoms with van der Waals surface area (Å²) in [6, 6.07) is 18.7. The number of rotatable bonds is 10. The van der Waals surface area contributed by atoms with Gasteiger partial charge in [0.05, 0.1) is 32.9 Å². The molecule has 0 spiro atoms. The summed E-state index contributed by atoms with van der Waals surface area (Å²) in [5.41, 5.74) is 8.39. The number of aryl methyl sites for hydroxylation is 1. The summed E-state index contributed by atoms with van der Waals surface area (Å²) in [6.45, 7) is 2.31. The molecule has 0 aliphatic heterocycles. The highest BCUT2D eigenvalue weighted by Gasteiger charge is 2.18. The fourth-order valence-electron chi connectivity index (χ4n) is 4.23. The van der Waals surface area contributed by atoms with Crippen LogP contribution in [0.3, 0.4) is 0 Å². The number of hydrogen-bond acceptors (Lipinski definition) is 6. The van der Waals surface area contributed by atoms with Gasteiger partial charge in [0.1, 0.15) is 11.6 Å². The quantitative estimate of drug-likeness (QED) is 0.0890. The van der Waals surface area contributed by atoms with Crippen molar-refractivity contribution in [1.29, 1.82) is 0 Å². The molecule has 0 radical (unpaired) electrons. The second kappa shape index (κ2) is 13.1. The van der Waals surface area contributed by atoms with E-state index in [0.717, 1.165) is 14.7 Å². The molecular weight excluding hydrogens is 646 g/mol. The molecule has 1 aromatic heterocycles. The van der Waals surface area contributed by atoms with Gasteiger partial charge in [-0.3, -0.25) is 14.4 Å². The fourth-order valence-corrected chi connectivity index (χ4v) is 5.44. The summed E-state index contributed by atoms with van der Waals surface area (Å²) < 4.78 is 28.3. The van der Waals surface area contributed by atoms with Crippen molar-refractivity contribution in [3.63, 3.8) is 0 Å². The van der Waals surface area contributed by atoms with Crippen LogP contribution < -0.4 is 20.6 Å². The Morgan fingerprint density at radius 3 is 2.45 bits per heavy atom. The maximum Gasteiger partial charge on any atom is 0.281 e. The number of benzene rings is 3. The fraction of sp³-hybridized carbons (Fsp3) is 0.167. The van der Waals surface area contributed by atoms with E-state index in [9.17, 15) is 18.8 Å². The average Bonchev–Trinajstić information content (AvgIpc) is 2.95. The third kappa shape index (κ3) is 6.56. The minimum atomic E-state index is -0.648. The van der Waals surface area contributed by atoms with Gasteiger partial charge >= 0.3 is 0 Å². The molecule has 0 saturated carbocycles. The number of aldehydes is 1. The maximum atomic E-state index is 13.6. The topological polar surface area (TPSA) is 101 Å². The summed E-state index contributed by atoms with van der Waals surface area (Å²) in [5, 5.41) is -0.113. The first-order chi connectivity index (χ1) is 19.2. The number of carbonyl (C=O) groups is 2. The van der Waals surface area contributed by atoms with E-state index in [0.29, 0.717) is 59.0 Å². The third-order valence-corrected chi connectivity index (χ3v) is 7.90. The van der Waals surface area contributed by atoms with Crippen LogP contribution in [-0.4, -0.2) is 29.3 Å². The van der Waals surface area contributed by atoms with Crippen molar-refractivity contribution >= 4 is 62.4 Å². The van der Waals surface area contributed by atoms with Crippen molar-refractivity contribution in [3.8, 4) is 22.8 Å². The lowest BCUT2D eigenvalue weighted by atomic mass is 10.1. The number of carbonyl (C=O) groups excluding carboxylic acids is 2. The third-order valence-electron chi connectivity index (χ3n) is 6.23. The van der Waals surface area contributed by atoms with Crippen LogP contribution in [0.1, 0.15) is 18.9 Å². The van der Waals surface area contributed by atoms with Gasteiger partial charge in [-0.2, -0.15) is 0 Å². The Morgan fingerprint density at radius 2 is 1.77 bits per heavy atom. The highest BCUT2D eigenvalue weighted by atomic mass is 127. The van der Waals surface area contributed by atoms with E-state index in [2.05, 4.69) is 22.6 Å². The molecule has 2 N–H and O–H groups in total. The van der Waals surface area contributed by atoms with Gasteiger partial charge in [0.25, 0.3) is 5.24 Å². The molecule has 0 unspecified atom stereocenters. The highest BCUT2D eigenvalue weighted by Crippen LogP contribution is 2.32. The number of hydrogen-bond donors (Lipinski definition) is 1. The molecule has 0 atom stereocenters. The summed E-state index contributed by atoms with van der Waals surface area (Å²) in [7, 11) is 1.85. The van der Waals surface area contributed by atoms with Crippen molar-refractivity contribution in [2.24, 2.45) is 12.8 Å². The molecule has 4 rings (SSSR count). The monoisotopic (exact) mass is 672 g/mol. The van der Waals surface area contributed by atoms with Crippen LogP contribution in [-0.2, 0) is 11.8 Å². The van der Waals surface area contributed by atoms with Gasteiger partial charge in [-0.1, -0.05) is 18.2 Å². The van der Waals surface area contributed by atoms with E-state index in [1.807, 2.05) is 35.9 Å². The van der Waals surface area contributed by atoms with Crippen LogP contribution in [0, 0.1) is 9.39 Å². The van der Waals surface area contributed by atoms with Gasteiger partial charge in [0, 0.05) is 24.4 Å². The molecule has 0 saturated heterocycles.